The van der Waals surface area contributed by atoms with Crippen LogP contribution in [0.3, 0.4) is 0 Å². The molecule has 0 saturated heterocycles. The molecule has 1 spiro atoms. The maximum atomic E-state index is 6.02. The minimum atomic E-state index is 0.249. The molecule has 86 valence electrons. The first-order valence-electron chi connectivity index (χ1n) is 6.39. The molecule has 2 aliphatic rings. The van der Waals surface area contributed by atoms with E-state index in [2.05, 4.69) is 11.1 Å². The fourth-order valence-corrected chi connectivity index (χ4v) is 4.01. The molecule has 3 rings (SSSR count). The van der Waals surface area contributed by atoms with Crippen LogP contribution >= 0.6 is 0 Å². The molecule has 0 aromatic carbocycles. The van der Waals surface area contributed by atoms with Crippen molar-refractivity contribution in [3.8, 4) is 0 Å². The Morgan fingerprint density at radius 2 is 2.00 bits per heavy atom. The predicted molar refractivity (Wildman–Crippen MR) is 65.1 cm³/mol. The van der Waals surface area contributed by atoms with Crippen LogP contribution in [0.2, 0.25) is 0 Å². The lowest BCUT2D eigenvalue weighted by Gasteiger charge is -2.55. The fourth-order valence-electron chi connectivity index (χ4n) is 4.01. The van der Waals surface area contributed by atoms with Gasteiger partial charge in [0.2, 0.25) is 0 Å². The lowest BCUT2D eigenvalue weighted by Crippen LogP contribution is -2.52. The van der Waals surface area contributed by atoms with E-state index in [1.54, 1.807) is 0 Å². The standard InChI is InChI=1S/C14H20N2/c15-11-14(12-4-3-7-16-8-12)9-13(10-14)5-1-2-6-13/h3-4,7-8H,1-2,5-6,9-11,15H2. The Bertz CT molecular complexity index is 358. The number of hydrogen-bond donors (Lipinski definition) is 1. The second-order valence-corrected chi connectivity index (χ2v) is 5.79. The van der Waals surface area contributed by atoms with E-state index < -0.39 is 0 Å². The Hall–Kier alpha value is -0.890. The van der Waals surface area contributed by atoms with Gasteiger partial charge in [-0.25, -0.2) is 0 Å². The highest BCUT2D eigenvalue weighted by atomic mass is 14.7. The van der Waals surface area contributed by atoms with Gasteiger partial charge in [0.15, 0.2) is 0 Å². The first-order chi connectivity index (χ1) is 7.79. The normalized spacial score (nSPS) is 25.6. The van der Waals surface area contributed by atoms with E-state index in [1.165, 1.54) is 44.1 Å². The smallest absolute Gasteiger partial charge is 0.0306 e. The van der Waals surface area contributed by atoms with Crippen molar-refractivity contribution >= 4 is 0 Å². The highest BCUT2D eigenvalue weighted by molar-refractivity contribution is 5.29. The van der Waals surface area contributed by atoms with Gasteiger partial charge < -0.3 is 5.73 Å². The van der Waals surface area contributed by atoms with Crippen LogP contribution in [-0.4, -0.2) is 11.5 Å². The first-order valence-corrected chi connectivity index (χ1v) is 6.39. The Morgan fingerprint density at radius 1 is 1.25 bits per heavy atom. The number of nitrogens with zero attached hydrogens (tertiary/aromatic N) is 1. The maximum Gasteiger partial charge on any atom is 0.0306 e. The quantitative estimate of drug-likeness (QED) is 0.825. The van der Waals surface area contributed by atoms with Gasteiger partial charge in [-0.2, -0.15) is 0 Å². The summed E-state index contributed by atoms with van der Waals surface area (Å²) in [7, 11) is 0. The van der Waals surface area contributed by atoms with E-state index in [-0.39, 0.29) is 5.41 Å². The Morgan fingerprint density at radius 3 is 2.56 bits per heavy atom. The van der Waals surface area contributed by atoms with Gasteiger partial charge in [0.25, 0.3) is 0 Å². The van der Waals surface area contributed by atoms with Crippen molar-refractivity contribution < 1.29 is 0 Å². The van der Waals surface area contributed by atoms with Gasteiger partial charge >= 0.3 is 0 Å². The van der Waals surface area contributed by atoms with Gasteiger partial charge in [-0.05, 0) is 42.7 Å². The molecule has 1 aromatic rings. The first kappa shape index (κ1) is 10.3. The molecule has 2 heteroatoms. The molecule has 2 aliphatic carbocycles. The van der Waals surface area contributed by atoms with Crippen molar-refractivity contribution in [3.05, 3.63) is 30.1 Å². The summed E-state index contributed by atoms with van der Waals surface area (Å²) in [5, 5.41) is 0. The molecule has 2 N–H and O–H groups in total. The lowest BCUT2D eigenvalue weighted by atomic mass is 9.50. The average molecular weight is 216 g/mol. The van der Waals surface area contributed by atoms with Crippen LogP contribution in [-0.2, 0) is 5.41 Å². The van der Waals surface area contributed by atoms with Crippen LogP contribution in [0.25, 0.3) is 0 Å². The highest BCUT2D eigenvalue weighted by Crippen LogP contribution is 2.62. The van der Waals surface area contributed by atoms with Crippen LogP contribution in [0.1, 0.15) is 44.1 Å². The number of hydrogen-bond acceptors (Lipinski definition) is 2. The van der Waals surface area contributed by atoms with Crippen molar-refractivity contribution in [1.82, 2.24) is 4.98 Å². The summed E-state index contributed by atoms with van der Waals surface area (Å²) in [6, 6.07) is 4.23. The van der Waals surface area contributed by atoms with Gasteiger partial charge in [0.05, 0.1) is 0 Å². The predicted octanol–water partition coefficient (Wildman–Crippen LogP) is 2.63. The summed E-state index contributed by atoms with van der Waals surface area (Å²) in [5.41, 5.74) is 8.28. The summed E-state index contributed by atoms with van der Waals surface area (Å²) in [4.78, 5) is 4.24. The number of nitrogens with two attached hydrogens (primary N) is 1. The monoisotopic (exact) mass is 216 g/mol. The van der Waals surface area contributed by atoms with Crippen LogP contribution in [0, 0.1) is 5.41 Å². The zero-order valence-corrected chi connectivity index (χ0v) is 9.78. The van der Waals surface area contributed by atoms with Crippen molar-refractivity contribution in [2.75, 3.05) is 6.54 Å². The highest BCUT2D eigenvalue weighted by Gasteiger charge is 2.55. The zero-order valence-electron chi connectivity index (χ0n) is 9.78. The maximum absolute atomic E-state index is 6.02. The minimum absolute atomic E-state index is 0.249. The second kappa shape index (κ2) is 3.56. The van der Waals surface area contributed by atoms with E-state index in [1.807, 2.05) is 18.5 Å². The summed E-state index contributed by atoms with van der Waals surface area (Å²) < 4.78 is 0. The molecule has 0 atom stereocenters. The molecule has 2 fully saturated rings. The summed E-state index contributed by atoms with van der Waals surface area (Å²) in [6.07, 6.45) is 12.1. The Kier molecular flexibility index (Phi) is 2.28. The molecule has 0 bridgehead atoms. The molecule has 0 aliphatic heterocycles. The third kappa shape index (κ3) is 1.40. The van der Waals surface area contributed by atoms with Crippen LogP contribution in [0.5, 0.6) is 0 Å². The molecule has 0 amide bonds. The van der Waals surface area contributed by atoms with Crippen molar-refractivity contribution in [2.45, 2.75) is 43.9 Å². The number of aromatic nitrogens is 1. The molecular weight excluding hydrogens is 196 g/mol. The van der Waals surface area contributed by atoms with Gasteiger partial charge in [0, 0.05) is 24.4 Å². The summed E-state index contributed by atoms with van der Waals surface area (Å²) in [5.74, 6) is 0. The average Bonchev–Trinajstić information content (AvgIpc) is 2.76. The molecular formula is C14H20N2. The molecule has 0 unspecified atom stereocenters. The summed E-state index contributed by atoms with van der Waals surface area (Å²) in [6.45, 7) is 0.778. The van der Waals surface area contributed by atoms with Gasteiger partial charge in [0.1, 0.15) is 0 Å². The third-order valence-corrected chi connectivity index (χ3v) is 4.76. The third-order valence-electron chi connectivity index (χ3n) is 4.76. The van der Waals surface area contributed by atoms with Crippen LogP contribution < -0.4 is 5.73 Å². The van der Waals surface area contributed by atoms with Gasteiger partial charge in [-0.15, -0.1) is 0 Å². The topological polar surface area (TPSA) is 38.9 Å². The van der Waals surface area contributed by atoms with Crippen LogP contribution in [0.4, 0.5) is 0 Å². The van der Waals surface area contributed by atoms with Crippen LogP contribution in [0.15, 0.2) is 24.5 Å². The fraction of sp³-hybridized carbons (Fsp3) is 0.643. The van der Waals surface area contributed by atoms with E-state index >= 15 is 0 Å². The minimum Gasteiger partial charge on any atom is -0.330 e. The summed E-state index contributed by atoms with van der Waals surface area (Å²) >= 11 is 0. The lowest BCUT2D eigenvalue weighted by molar-refractivity contribution is 0.0327. The largest absolute Gasteiger partial charge is 0.330 e. The molecule has 1 aromatic heterocycles. The SMILES string of the molecule is NCC1(c2cccnc2)CC2(CCCC2)C1. The van der Waals surface area contributed by atoms with Crippen molar-refractivity contribution in [2.24, 2.45) is 11.1 Å². The Labute approximate surface area is 97.3 Å². The van der Waals surface area contributed by atoms with E-state index in [0.717, 1.165) is 6.54 Å². The number of rotatable bonds is 2. The molecule has 0 radical (unpaired) electrons. The number of pyridine rings is 1. The van der Waals surface area contributed by atoms with E-state index in [9.17, 15) is 0 Å². The molecule has 1 heterocycles. The second-order valence-electron chi connectivity index (χ2n) is 5.79. The zero-order chi connectivity index (χ0) is 11.1. The van der Waals surface area contributed by atoms with Gasteiger partial charge in [-0.1, -0.05) is 18.9 Å². The van der Waals surface area contributed by atoms with Crippen molar-refractivity contribution in [1.29, 1.82) is 0 Å². The Balaban J connectivity index is 1.83. The van der Waals surface area contributed by atoms with Gasteiger partial charge in [-0.3, -0.25) is 4.98 Å². The van der Waals surface area contributed by atoms with E-state index in [4.69, 9.17) is 5.73 Å². The molecule has 2 saturated carbocycles. The molecule has 16 heavy (non-hydrogen) atoms. The van der Waals surface area contributed by atoms with E-state index in [0.29, 0.717) is 5.41 Å². The van der Waals surface area contributed by atoms with Crippen molar-refractivity contribution in [3.63, 3.8) is 0 Å². The molecule has 2 nitrogen and oxygen atoms in total.